The molecule has 0 saturated heterocycles. The zero-order valence-electron chi connectivity index (χ0n) is 16.9. The van der Waals surface area contributed by atoms with Crippen LogP contribution >= 0.6 is 11.8 Å². The predicted molar refractivity (Wildman–Crippen MR) is 116 cm³/mol. The number of carboxylic acids is 1. The minimum absolute atomic E-state index is 0.330. The van der Waals surface area contributed by atoms with Crippen molar-refractivity contribution in [2.24, 2.45) is 0 Å². The molecule has 0 fully saturated rings. The number of hydrogen-bond acceptors (Lipinski definition) is 4. The normalized spacial score (nSPS) is 11.0. The van der Waals surface area contributed by atoms with Gasteiger partial charge in [0, 0.05) is 10.6 Å². The van der Waals surface area contributed by atoms with Gasteiger partial charge in [-0.05, 0) is 66.1 Å². The average Bonchev–Trinajstić information content (AvgIpc) is 2.75. The van der Waals surface area contributed by atoms with Crippen LogP contribution < -0.4 is 4.74 Å². The van der Waals surface area contributed by atoms with Gasteiger partial charge in [0.05, 0.1) is 6.61 Å². The van der Waals surface area contributed by atoms with Crippen LogP contribution in [0.15, 0.2) is 71.6 Å². The maximum atomic E-state index is 13.3. The first kappa shape index (κ1) is 22.8. The molecular weight excluding hydrogens is 422 g/mol. The maximum absolute atomic E-state index is 13.3. The summed E-state index contributed by atoms with van der Waals surface area (Å²) >= 11 is 1.59. The van der Waals surface area contributed by atoms with Crippen molar-refractivity contribution in [3.8, 4) is 5.75 Å². The molecule has 162 valence electrons. The SMILES string of the molecule is Cc1cc(SCCOC(c2ccc(F)cc2)c2ccc(F)cc2)ccc1OCC(=O)O. The van der Waals surface area contributed by atoms with Crippen LogP contribution in [0.3, 0.4) is 0 Å². The van der Waals surface area contributed by atoms with Crippen molar-refractivity contribution in [1.29, 1.82) is 0 Å². The number of benzene rings is 3. The van der Waals surface area contributed by atoms with E-state index in [1.54, 1.807) is 42.1 Å². The highest BCUT2D eigenvalue weighted by Crippen LogP contribution is 2.29. The summed E-state index contributed by atoms with van der Waals surface area (Å²) in [7, 11) is 0. The third-order valence-electron chi connectivity index (χ3n) is 4.48. The Morgan fingerprint density at radius 1 is 0.968 bits per heavy atom. The second-order valence-corrected chi connectivity index (χ2v) is 7.98. The van der Waals surface area contributed by atoms with Crippen LogP contribution in [0.5, 0.6) is 5.75 Å². The quantitative estimate of drug-likeness (QED) is 0.324. The fourth-order valence-electron chi connectivity index (χ4n) is 3.00. The fourth-order valence-corrected chi connectivity index (χ4v) is 3.84. The van der Waals surface area contributed by atoms with Crippen molar-refractivity contribution in [1.82, 2.24) is 0 Å². The molecule has 0 aliphatic heterocycles. The Kier molecular flexibility index (Phi) is 8.03. The van der Waals surface area contributed by atoms with Gasteiger partial charge in [-0.15, -0.1) is 11.8 Å². The highest BCUT2D eigenvalue weighted by molar-refractivity contribution is 7.99. The number of hydrogen-bond donors (Lipinski definition) is 1. The summed E-state index contributed by atoms with van der Waals surface area (Å²) in [6.45, 7) is 1.90. The average molecular weight is 444 g/mol. The largest absolute Gasteiger partial charge is 0.482 e. The number of ether oxygens (including phenoxy) is 2. The third-order valence-corrected chi connectivity index (χ3v) is 5.44. The minimum atomic E-state index is -1.02. The smallest absolute Gasteiger partial charge is 0.341 e. The van der Waals surface area contributed by atoms with Crippen LogP contribution in [0.2, 0.25) is 0 Å². The first-order valence-electron chi connectivity index (χ1n) is 9.63. The lowest BCUT2D eigenvalue weighted by Gasteiger charge is -2.19. The topological polar surface area (TPSA) is 55.8 Å². The Balaban J connectivity index is 1.60. The summed E-state index contributed by atoms with van der Waals surface area (Å²) in [5, 5.41) is 8.72. The van der Waals surface area contributed by atoms with Crippen LogP contribution in [0.4, 0.5) is 8.78 Å². The van der Waals surface area contributed by atoms with E-state index in [0.29, 0.717) is 18.1 Å². The lowest BCUT2D eigenvalue weighted by molar-refractivity contribution is -0.139. The van der Waals surface area contributed by atoms with Gasteiger partial charge >= 0.3 is 5.97 Å². The second kappa shape index (κ2) is 10.9. The summed E-state index contributed by atoms with van der Waals surface area (Å²) < 4.78 is 38.0. The van der Waals surface area contributed by atoms with Crippen molar-refractivity contribution in [2.75, 3.05) is 19.0 Å². The van der Waals surface area contributed by atoms with Gasteiger partial charge in [-0.3, -0.25) is 0 Å². The molecule has 0 aliphatic carbocycles. The Hall–Kier alpha value is -2.90. The molecule has 0 unspecified atom stereocenters. The van der Waals surface area contributed by atoms with E-state index < -0.39 is 12.1 Å². The molecule has 0 atom stereocenters. The summed E-state index contributed by atoms with van der Waals surface area (Å²) in [4.78, 5) is 11.6. The molecule has 3 aromatic carbocycles. The van der Waals surface area contributed by atoms with Crippen LogP contribution in [-0.2, 0) is 9.53 Å². The standard InChI is InChI=1S/C24H22F2O4S/c1-16-14-21(10-11-22(16)30-15-23(27)28)31-13-12-29-24(17-2-6-19(25)7-3-17)18-4-8-20(26)9-5-18/h2-11,14,24H,12-13,15H2,1H3,(H,27,28). The molecule has 31 heavy (non-hydrogen) atoms. The number of carboxylic acid groups (broad SMARTS) is 1. The van der Waals surface area contributed by atoms with Gasteiger partial charge in [0.2, 0.25) is 0 Å². The summed E-state index contributed by atoms with van der Waals surface area (Å²) in [6, 6.07) is 17.7. The number of thioether (sulfide) groups is 1. The Morgan fingerprint density at radius 2 is 1.55 bits per heavy atom. The molecule has 0 spiro atoms. The van der Waals surface area contributed by atoms with E-state index in [1.807, 2.05) is 19.1 Å². The molecular formula is C24H22F2O4S. The summed E-state index contributed by atoms with van der Waals surface area (Å²) in [5.41, 5.74) is 2.42. The molecule has 3 rings (SSSR count). The minimum Gasteiger partial charge on any atom is -0.482 e. The van der Waals surface area contributed by atoms with Crippen LogP contribution in [0.1, 0.15) is 22.8 Å². The first-order chi connectivity index (χ1) is 14.9. The number of aryl methyl sites for hydroxylation is 1. The highest BCUT2D eigenvalue weighted by atomic mass is 32.2. The lowest BCUT2D eigenvalue weighted by Crippen LogP contribution is -2.10. The molecule has 4 nitrogen and oxygen atoms in total. The van der Waals surface area contributed by atoms with Gasteiger partial charge < -0.3 is 14.6 Å². The molecule has 0 heterocycles. The van der Waals surface area contributed by atoms with Crippen molar-refractivity contribution < 1.29 is 28.2 Å². The Labute approximate surface area is 183 Å². The summed E-state index contributed by atoms with van der Waals surface area (Å²) in [5.74, 6) is -0.484. The van der Waals surface area contributed by atoms with Crippen molar-refractivity contribution in [2.45, 2.75) is 17.9 Å². The molecule has 0 amide bonds. The maximum Gasteiger partial charge on any atom is 0.341 e. The van der Waals surface area contributed by atoms with Crippen LogP contribution in [0, 0.1) is 18.6 Å². The van der Waals surface area contributed by atoms with Gasteiger partial charge in [-0.1, -0.05) is 24.3 Å². The van der Waals surface area contributed by atoms with Crippen LogP contribution in [-0.4, -0.2) is 30.0 Å². The lowest BCUT2D eigenvalue weighted by atomic mass is 10.0. The molecule has 0 radical (unpaired) electrons. The van der Waals surface area contributed by atoms with Gasteiger partial charge in [0.1, 0.15) is 23.5 Å². The van der Waals surface area contributed by atoms with E-state index >= 15 is 0 Å². The zero-order valence-corrected chi connectivity index (χ0v) is 17.7. The monoisotopic (exact) mass is 444 g/mol. The number of carbonyl (C=O) groups is 1. The first-order valence-corrected chi connectivity index (χ1v) is 10.6. The molecule has 3 aromatic rings. The number of aliphatic carboxylic acids is 1. The van der Waals surface area contributed by atoms with Crippen molar-refractivity contribution in [3.63, 3.8) is 0 Å². The van der Waals surface area contributed by atoms with E-state index in [4.69, 9.17) is 14.6 Å². The fraction of sp³-hybridized carbons (Fsp3) is 0.208. The third kappa shape index (κ3) is 6.80. The molecule has 7 heteroatoms. The predicted octanol–water partition coefficient (Wildman–Crippen LogP) is 5.63. The summed E-state index contributed by atoms with van der Waals surface area (Å²) in [6.07, 6.45) is -0.435. The van der Waals surface area contributed by atoms with Crippen LogP contribution in [0.25, 0.3) is 0 Å². The van der Waals surface area contributed by atoms with Gasteiger partial charge in [-0.2, -0.15) is 0 Å². The van der Waals surface area contributed by atoms with Gasteiger partial charge in [0.25, 0.3) is 0 Å². The van der Waals surface area contributed by atoms with Gasteiger partial charge in [0.15, 0.2) is 6.61 Å². The van der Waals surface area contributed by atoms with Crippen molar-refractivity contribution in [3.05, 3.63) is 95.1 Å². The van der Waals surface area contributed by atoms with E-state index in [-0.39, 0.29) is 18.2 Å². The van der Waals surface area contributed by atoms with E-state index in [2.05, 4.69) is 0 Å². The van der Waals surface area contributed by atoms with Gasteiger partial charge in [-0.25, -0.2) is 13.6 Å². The Bertz CT molecular complexity index is 962. The molecule has 1 N–H and O–H groups in total. The van der Waals surface area contributed by atoms with E-state index in [1.165, 1.54) is 24.3 Å². The van der Waals surface area contributed by atoms with E-state index in [0.717, 1.165) is 21.6 Å². The molecule has 0 aliphatic rings. The Morgan fingerprint density at radius 3 is 2.06 bits per heavy atom. The zero-order chi connectivity index (χ0) is 22.2. The van der Waals surface area contributed by atoms with E-state index in [9.17, 15) is 13.6 Å². The number of halogens is 2. The second-order valence-electron chi connectivity index (χ2n) is 6.81. The van der Waals surface area contributed by atoms with Crippen molar-refractivity contribution >= 4 is 17.7 Å². The molecule has 0 saturated carbocycles. The molecule has 0 bridgehead atoms. The highest BCUT2D eigenvalue weighted by Gasteiger charge is 2.15. The number of rotatable bonds is 10. The molecule has 0 aromatic heterocycles.